The van der Waals surface area contributed by atoms with Crippen molar-refractivity contribution in [2.24, 2.45) is 5.73 Å². The number of ether oxygens (including phenoxy) is 2. The molecule has 0 aliphatic carbocycles. The van der Waals surface area contributed by atoms with Crippen LogP contribution >= 0.6 is 0 Å². The van der Waals surface area contributed by atoms with E-state index in [1.165, 1.54) is 0 Å². The molecule has 4 heteroatoms. The molecule has 0 aromatic heterocycles. The molecule has 2 fully saturated rings. The second kappa shape index (κ2) is 3.92. The molecule has 0 aromatic carbocycles. The van der Waals surface area contributed by atoms with Gasteiger partial charge in [0.2, 0.25) is 0 Å². The quantitative estimate of drug-likeness (QED) is 0.628. The van der Waals surface area contributed by atoms with Gasteiger partial charge in [-0.15, -0.1) is 0 Å². The average Bonchev–Trinajstić information content (AvgIpc) is 2.69. The summed E-state index contributed by atoms with van der Waals surface area (Å²) in [7, 11) is 0. The third kappa shape index (κ3) is 1.72. The molecule has 0 aromatic rings. The first-order valence-electron chi connectivity index (χ1n) is 4.98. The molecule has 0 saturated carbocycles. The van der Waals surface area contributed by atoms with Crippen molar-refractivity contribution in [3.05, 3.63) is 0 Å². The van der Waals surface area contributed by atoms with Gasteiger partial charge in [0.25, 0.3) is 0 Å². The van der Waals surface area contributed by atoms with Crippen molar-refractivity contribution >= 4 is 0 Å². The number of morpholine rings is 1. The molecule has 0 amide bonds. The second-order valence-corrected chi connectivity index (χ2v) is 3.83. The van der Waals surface area contributed by atoms with Crippen LogP contribution in [-0.4, -0.2) is 56.5 Å². The van der Waals surface area contributed by atoms with Crippen LogP contribution in [0.25, 0.3) is 0 Å². The number of nitrogens with two attached hydrogens (primary N) is 1. The maximum atomic E-state index is 5.84. The van der Waals surface area contributed by atoms with E-state index in [2.05, 4.69) is 4.90 Å². The molecule has 2 saturated heterocycles. The lowest BCUT2D eigenvalue weighted by molar-refractivity contribution is -0.0226. The van der Waals surface area contributed by atoms with Gasteiger partial charge in [-0.2, -0.15) is 0 Å². The highest BCUT2D eigenvalue weighted by Gasteiger charge is 2.39. The first-order chi connectivity index (χ1) is 6.37. The minimum Gasteiger partial charge on any atom is -0.379 e. The van der Waals surface area contributed by atoms with Gasteiger partial charge < -0.3 is 15.2 Å². The molecule has 1 atom stereocenters. The van der Waals surface area contributed by atoms with Gasteiger partial charge in [0, 0.05) is 26.2 Å². The topological polar surface area (TPSA) is 47.7 Å². The van der Waals surface area contributed by atoms with Crippen LogP contribution in [0.2, 0.25) is 0 Å². The van der Waals surface area contributed by atoms with E-state index in [0.717, 1.165) is 45.9 Å². The van der Waals surface area contributed by atoms with E-state index in [1.54, 1.807) is 0 Å². The molecule has 2 heterocycles. The van der Waals surface area contributed by atoms with Gasteiger partial charge in [-0.05, 0) is 6.42 Å². The van der Waals surface area contributed by atoms with E-state index in [0.29, 0.717) is 6.54 Å². The Kier molecular flexibility index (Phi) is 2.83. The van der Waals surface area contributed by atoms with Gasteiger partial charge >= 0.3 is 0 Å². The summed E-state index contributed by atoms with van der Waals surface area (Å²) < 4.78 is 10.8. The van der Waals surface area contributed by atoms with Crippen molar-refractivity contribution in [2.75, 3.05) is 46.1 Å². The fourth-order valence-electron chi connectivity index (χ4n) is 2.17. The zero-order chi connectivity index (χ0) is 9.15. The number of hydrogen-bond donors (Lipinski definition) is 1. The summed E-state index contributed by atoms with van der Waals surface area (Å²) in [4.78, 5) is 2.43. The van der Waals surface area contributed by atoms with Crippen molar-refractivity contribution in [1.82, 2.24) is 4.90 Å². The minimum absolute atomic E-state index is 0.115. The summed E-state index contributed by atoms with van der Waals surface area (Å²) >= 11 is 0. The number of rotatable bonds is 2. The molecule has 2 aliphatic heterocycles. The SMILES string of the molecule is NCC1(N2CCOCC2)CCOC1. The highest BCUT2D eigenvalue weighted by Crippen LogP contribution is 2.25. The van der Waals surface area contributed by atoms with Crippen LogP contribution < -0.4 is 5.73 Å². The number of nitrogens with zero attached hydrogens (tertiary/aromatic N) is 1. The molecule has 13 heavy (non-hydrogen) atoms. The van der Waals surface area contributed by atoms with E-state index in [1.807, 2.05) is 0 Å². The van der Waals surface area contributed by atoms with Crippen LogP contribution in [0.4, 0.5) is 0 Å². The van der Waals surface area contributed by atoms with Crippen LogP contribution in [0.15, 0.2) is 0 Å². The van der Waals surface area contributed by atoms with Gasteiger partial charge in [-0.25, -0.2) is 0 Å². The Morgan fingerprint density at radius 1 is 1.15 bits per heavy atom. The van der Waals surface area contributed by atoms with Crippen molar-refractivity contribution in [3.8, 4) is 0 Å². The predicted octanol–water partition coefficient (Wildman–Crippen LogP) is -0.564. The normalized spacial score (nSPS) is 36.7. The van der Waals surface area contributed by atoms with Crippen molar-refractivity contribution in [3.63, 3.8) is 0 Å². The average molecular weight is 186 g/mol. The van der Waals surface area contributed by atoms with Gasteiger partial charge in [0.15, 0.2) is 0 Å². The first-order valence-corrected chi connectivity index (χ1v) is 4.98. The highest BCUT2D eigenvalue weighted by molar-refractivity contribution is 4.95. The molecular weight excluding hydrogens is 168 g/mol. The number of hydrogen-bond acceptors (Lipinski definition) is 4. The van der Waals surface area contributed by atoms with Crippen LogP contribution in [-0.2, 0) is 9.47 Å². The molecule has 1 unspecified atom stereocenters. The Morgan fingerprint density at radius 3 is 2.46 bits per heavy atom. The second-order valence-electron chi connectivity index (χ2n) is 3.83. The van der Waals surface area contributed by atoms with Gasteiger partial charge in [0.05, 0.1) is 25.4 Å². The minimum atomic E-state index is 0.115. The predicted molar refractivity (Wildman–Crippen MR) is 49.6 cm³/mol. The van der Waals surface area contributed by atoms with Gasteiger partial charge in [-0.3, -0.25) is 4.90 Å². The Morgan fingerprint density at radius 2 is 1.92 bits per heavy atom. The lowest BCUT2D eigenvalue weighted by Gasteiger charge is -2.41. The Bertz CT molecular complexity index is 163. The van der Waals surface area contributed by atoms with Gasteiger partial charge in [0.1, 0.15) is 0 Å². The Labute approximate surface area is 79.0 Å². The highest BCUT2D eigenvalue weighted by atomic mass is 16.5. The standard InChI is InChI=1S/C9H18N2O2/c10-7-9(1-4-13-8-9)11-2-5-12-6-3-11/h1-8,10H2. The Hall–Kier alpha value is -0.160. The third-order valence-corrected chi connectivity index (χ3v) is 3.14. The summed E-state index contributed by atoms with van der Waals surface area (Å²) in [5.74, 6) is 0. The van der Waals surface area contributed by atoms with Crippen LogP contribution in [0, 0.1) is 0 Å². The molecular formula is C9H18N2O2. The largest absolute Gasteiger partial charge is 0.379 e. The van der Waals surface area contributed by atoms with E-state index in [4.69, 9.17) is 15.2 Å². The monoisotopic (exact) mass is 186 g/mol. The van der Waals surface area contributed by atoms with E-state index in [-0.39, 0.29) is 5.54 Å². The van der Waals surface area contributed by atoms with E-state index >= 15 is 0 Å². The zero-order valence-corrected chi connectivity index (χ0v) is 8.00. The molecule has 2 N–H and O–H groups in total. The summed E-state index contributed by atoms with van der Waals surface area (Å²) in [6, 6.07) is 0. The lowest BCUT2D eigenvalue weighted by Crippen LogP contribution is -2.58. The van der Waals surface area contributed by atoms with Gasteiger partial charge in [-0.1, -0.05) is 0 Å². The molecule has 76 valence electrons. The Balaban J connectivity index is 2.01. The van der Waals surface area contributed by atoms with Crippen LogP contribution in [0.5, 0.6) is 0 Å². The van der Waals surface area contributed by atoms with E-state index < -0.39 is 0 Å². The maximum Gasteiger partial charge on any atom is 0.0663 e. The van der Waals surface area contributed by atoms with Crippen molar-refractivity contribution in [2.45, 2.75) is 12.0 Å². The molecule has 4 nitrogen and oxygen atoms in total. The molecule has 0 radical (unpaired) electrons. The molecule has 2 aliphatic rings. The summed E-state index contributed by atoms with van der Waals surface area (Å²) in [6.07, 6.45) is 1.07. The van der Waals surface area contributed by atoms with Crippen molar-refractivity contribution in [1.29, 1.82) is 0 Å². The van der Waals surface area contributed by atoms with E-state index in [9.17, 15) is 0 Å². The summed E-state index contributed by atoms with van der Waals surface area (Å²) in [6.45, 7) is 6.02. The lowest BCUT2D eigenvalue weighted by atomic mass is 9.96. The summed E-state index contributed by atoms with van der Waals surface area (Å²) in [5, 5.41) is 0. The third-order valence-electron chi connectivity index (χ3n) is 3.14. The fraction of sp³-hybridized carbons (Fsp3) is 1.00. The van der Waals surface area contributed by atoms with Crippen LogP contribution in [0.3, 0.4) is 0 Å². The zero-order valence-electron chi connectivity index (χ0n) is 8.00. The van der Waals surface area contributed by atoms with Crippen molar-refractivity contribution < 1.29 is 9.47 Å². The fourth-order valence-corrected chi connectivity index (χ4v) is 2.17. The maximum absolute atomic E-state index is 5.84. The first kappa shape index (κ1) is 9.40. The molecule has 0 bridgehead atoms. The molecule has 0 spiro atoms. The summed E-state index contributed by atoms with van der Waals surface area (Å²) in [5.41, 5.74) is 5.95. The smallest absolute Gasteiger partial charge is 0.0663 e. The molecule has 2 rings (SSSR count). The van der Waals surface area contributed by atoms with Crippen LogP contribution in [0.1, 0.15) is 6.42 Å².